The minimum absolute atomic E-state index is 0.304. The van der Waals surface area contributed by atoms with Crippen LogP contribution in [0.25, 0.3) is 0 Å². The summed E-state index contributed by atoms with van der Waals surface area (Å²) in [7, 11) is 0. The summed E-state index contributed by atoms with van der Waals surface area (Å²) in [6.07, 6.45) is 7.76. The molecule has 1 unspecified atom stereocenters. The maximum absolute atomic E-state index is 6.04. The number of fused-ring (bicyclic) bond motifs is 1. The fourth-order valence-electron chi connectivity index (χ4n) is 3.43. The van der Waals surface area contributed by atoms with Crippen molar-refractivity contribution in [2.24, 2.45) is 11.1 Å². The molecule has 5 heteroatoms. The van der Waals surface area contributed by atoms with Gasteiger partial charge in [0.1, 0.15) is 6.61 Å². The summed E-state index contributed by atoms with van der Waals surface area (Å²) in [5.74, 6) is 0.304. The predicted molar refractivity (Wildman–Crippen MR) is 103 cm³/mol. The zero-order valence-corrected chi connectivity index (χ0v) is 15.1. The van der Waals surface area contributed by atoms with E-state index in [-0.39, 0.29) is 0 Å². The van der Waals surface area contributed by atoms with E-state index in [1.54, 1.807) is 0 Å². The average Bonchev–Trinajstić information content (AvgIpc) is 3.16. The Morgan fingerprint density at radius 3 is 2.96 bits per heavy atom. The molecular formula is C21H20ClN3O. The van der Waals surface area contributed by atoms with Crippen LogP contribution in [0.1, 0.15) is 23.1 Å². The number of aromatic nitrogens is 2. The molecule has 0 bridgehead atoms. The molecule has 3 aromatic rings. The molecule has 0 N–H and O–H groups in total. The lowest BCUT2D eigenvalue weighted by Crippen LogP contribution is -2.27. The highest BCUT2D eigenvalue weighted by Gasteiger charge is 2.26. The molecule has 1 aliphatic carbocycles. The number of hydrogen-bond acceptors (Lipinski definition) is 3. The van der Waals surface area contributed by atoms with Crippen molar-refractivity contribution in [2.45, 2.75) is 26.0 Å². The summed E-state index contributed by atoms with van der Waals surface area (Å²) in [6, 6.07) is 16.1. The van der Waals surface area contributed by atoms with Crippen LogP contribution < -0.4 is 0 Å². The molecule has 0 spiro atoms. The molecule has 4 rings (SSSR count). The van der Waals surface area contributed by atoms with Crippen LogP contribution in [0.15, 0.2) is 72.4 Å². The highest BCUT2D eigenvalue weighted by atomic mass is 35.5. The standard InChI is InChI=1S/C21H20ClN3O/c22-19-6-3-4-16(12-19)14-26-24-21-18(13-25-11-10-23-15-25)9-8-17-5-1-2-7-20(17)21/h1-7,10-12,15,18H,8-9,13-14H2/b24-21-. The predicted octanol–water partition coefficient (Wildman–Crippen LogP) is 4.72. The Morgan fingerprint density at radius 2 is 2.12 bits per heavy atom. The van der Waals surface area contributed by atoms with Crippen molar-refractivity contribution in [2.75, 3.05) is 0 Å². The zero-order chi connectivity index (χ0) is 17.8. The van der Waals surface area contributed by atoms with Crippen molar-refractivity contribution in [3.05, 3.63) is 89.0 Å². The van der Waals surface area contributed by atoms with Crippen molar-refractivity contribution in [1.82, 2.24) is 9.55 Å². The first kappa shape index (κ1) is 16.9. The third-order valence-corrected chi connectivity index (χ3v) is 4.95. The van der Waals surface area contributed by atoms with Gasteiger partial charge in [-0.25, -0.2) is 4.98 Å². The second-order valence-electron chi connectivity index (χ2n) is 6.53. The lowest BCUT2D eigenvalue weighted by molar-refractivity contribution is 0.128. The number of rotatable bonds is 5. The maximum Gasteiger partial charge on any atom is 0.142 e. The van der Waals surface area contributed by atoms with Crippen LogP contribution in [-0.2, 0) is 24.4 Å². The minimum Gasteiger partial charge on any atom is -0.391 e. The van der Waals surface area contributed by atoms with Gasteiger partial charge in [-0.15, -0.1) is 0 Å². The summed E-state index contributed by atoms with van der Waals surface area (Å²) in [5, 5.41) is 5.26. The Hall–Kier alpha value is -2.59. The van der Waals surface area contributed by atoms with E-state index in [0.717, 1.165) is 30.7 Å². The Balaban J connectivity index is 1.57. The van der Waals surface area contributed by atoms with E-state index in [9.17, 15) is 0 Å². The summed E-state index contributed by atoms with van der Waals surface area (Å²) in [4.78, 5) is 9.87. The molecule has 0 saturated carbocycles. The van der Waals surface area contributed by atoms with Gasteiger partial charge >= 0.3 is 0 Å². The van der Waals surface area contributed by atoms with Crippen LogP contribution in [0, 0.1) is 5.92 Å². The number of aryl methyl sites for hydroxylation is 1. The lowest BCUT2D eigenvalue weighted by Gasteiger charge is -2.26. The normalized spacial score (nSPS) is 17.9. The van der Waals surface area contributed by atoms with E-state index in [0.29, 0.717) is 17.5 Å². The minimum atomic E-state index is 0.304. The number of oxime groups is 1. The number of hydrogen-bond donors (Lipinski definition) is 0. The first-order valence-electron chi connectivity index (χ1n) is 8.78. The van der Waals surface area contributed by atoms with Crippen LogP contribution >= 0.6 is 11.6 Å². The van der Waals surface area contributed by atoms with Gasteiger partial charge in [-0.1, -0.05) is 53.2 Å². The molecule has 26 heavy (non-hydrogen) atoms. The Morgan fingerprint density at radius 1 is 1.19 bits per heavy atom. The van der Waals surface area contributed by atoms with E-state index in [2.05, 4.69) is 39.0 Å². The number of halogens is 1. The van der Waals surface area contributed by atoms with Gasteiger partial charge in [0.25, 0.3) is 0 Å². The van der Waals surface area contributed by atoms with Crippen LogP contribution in [0.2, 0.25) is 5.02 Å². The summed E-state index contributed by atoms with van der Waals surface area (Å²) < 4.78 is 2.10. The SMILES string of the molecule is Clc1cccc(CO/N=C2\c3ccccc3CCC2Cn2ccnc2)c1. The molecular weight excluding hydrogens is 346 g/mol. The Labute approximate surface area is 158 Å². The van der Waals surface area contributed by atoms with E-state index in [1.807, 2.05) is 43.0 Å². The van der Waals surface area contributed by atoms with Gasteiger partial charge in [0.05, 0.1) is 12.0 Å². The molecule has 0 fully saturated rings. The first-order valence-corrected chi connectivity index (χ1v) is 9.16. The highest BCUT2D eigenvalue weighted by Crippen LogP contribution is 2.28. The molecule has 1 heterocycles. The monoisotopic (exact) mass is 365 g/mol. The van der Waals surface area contributed by atoms with Crippen molar-refractivity contribution in [3.8, 4) is 0 Å². The Bertz CT molecular complexity index is 905. The largest absolute Gasteiger partial charge is 0.391 e. The third kappa shape index (κ3) is 3.81. The van der Waals surface area contributed by atoms with Crippen molar-refractivity contribution in [1.29, 1.82) is 0 Å². The molecule has 0 saturated heterocycles. The Kier molecular flexibility index (Phi) is 5.02. The summed E-state index contributed by atoms with van der Waals surface area (Å²) in [5.41, 5.74) is 4.55. The van der Waals surface area contributed by atoms with E-state index in [4.69, 9.17) is 16.4 Å². The van der Waals surface area contributed by atoms with Crippen molar-refractivity contribution in [3.63, 3.8) is 0 Å². The molecule has 2 aromatic carbocycles. The molecule has 1 atom stereocenters. The van der Waals surface area contributed by atoms with Gasteiger partial charge in [-0.3, -0.25) is 0 Å². The van der Waals surface area contributed by atoms with Gasteiger partial charge < -0.3 is 9.40 Å². The fourth-order valence-corrected chi connectivity index (χ4v) is 3.64. The second-order valence-corrected chi connectivity index (χ2v) is 6.97. The quantitative estimate of drug-likeness (QED) is 0.614. The third-order valence-electron chi connectivity index (χ3n) is 4.72. The summed E-state index contributed by atoms with van der Waals surface area (Å²) in [6.45, 7) is 1.26. The second kappa shape index (κ2) is 7.75. The van der Waals surface area contributed by atoms with Crippen LogP contribution in [0.4, 0.5) is 0 Å². The highest BCUT2D eigenvalue weighted by molar-refractivity contribution is 6.30. The first-order chi connectivity index (χ1) is 12.8. The molecule has 4 nitrogen and oxygen atoms in total. The fraction of sp³-hybridized carbons (Fsp3) is 0.238. The van der Waals surface area contributed by atoms with Gasteiger partial charge in [0, 0.05) is 35.4 Å². The lowest BCUT2D eigenvalue weighted by atomic mass is 9.82. The van der Waals surface area contributed by atoms with Gasteiger partial charge in [-0.2, -0.15) is 0 Å². The van der Waals surface area contributed by atoms with Gasteiger partial charge in [0.15, 0.2) is 0 Å². The number of imidazole rings is 1. The average molecular weight is 366 g/mol. The van der Waals surface area contributed by atoms with E-state index in [1.165, 1.54) is 11.1 Å². The topological polar surface area (TPSA) is 39.4 Å². The molecule has 0 amide bonds. The number of nitrogens with zero attached hydrogens (tertiary/aromatic N) is 3. The molecule has 1 aliphatic rings. The van der Waals surface area contributed by atoms with E-state index < -0.39 is 0 Å². The summed E-state index contributed by atoms with van der Waals surface area (Å²) >= 11 is 6.04. The van der Waals surface area contributed by atoms with Crippen molar-refractivity contribution >= 4 is 17.3 Å². The van der Waals surface area contributed by atoms with Crippen LogP contribution in [0.5, 0.6) is 0 Å². The maximum atomic E-state index is 6.04. The molecule has 132 valence electrons. The van der Waals surface area contributed by atoms with Gasteiger partial charge in [-0.05, 0) is 36.1 Å². The van der Waals surface area contributed by atoms with Crippen LogP contribution in [-0.4, -0.2) is 15.3 Å². The molecule has 1 aromatic heterocycles. The van der Waals surface area contributed by atoms with Crippen molar-refractivity contribution < 1.29 is 4.84 Å². The number of benzene rings is 2. The van der Waals surface area contributed by atoms with E-state index >= 15 is 0 Å². The van der Waals surface area contributed by atoms with Crippen LogP contribution in [0.3, 0.4) is 0 Å². The molecule has 0 aliphatic heterocycles. The smallest absolute Gasteiger partial charge is 0.142 e. The zero-order valence-electron chi connectivity index (χ0n) is 14.4. The van der Waals surface area contributed by atoms with Gasteiger partial charge in [0.2, 0.25) is 0 Å². The molecule has 0 radical (unpaired) electrons.